The molecule has 40 heavy (non-hydrogen) atoms. The van der Waals surface area contributed by atoms with Gasteiger partial charge in [-0.2, -0.15) is 30.6 Å². The highest BCUT2D eigenvalue weighted by Gasteiger charge is 2.57. The van der Waals surface area contributed by atoms with Gasteiger partial charge in [-0.25, -0.2) is 18.0 Å². The number of likely N-dealkylation sites (tertiary alicyclic amines) is 1. The highest BCUT2D eigenvalue weighted by molar-refractivity contribution is 7.89. The lowest BCUT2D eigenvalue weighted by atomic mass is 9.88. The number of halogens is 6. The van der Waals surface area contributed by atoms with Crippen LogP contribution in [0.15, 0.2) is 53.7 Å². The summed E-state index contributed by atoms with van der Waals surface area (Å²) >= 11 is 0. The van der Waals surface area contributed by atoms with Gasteiger partial charge >= 0.3 is 24.3 Å². The standard InChI is InChI=1S/C20H23N3O2S.2C2HF3O2/c24-26(25)19-6-2-1-5-18(19)20(23(26)14-16-7-8-16)9-11-22(15-20)13-17-4-3-10-21-12-17;2*3-2(4,5)1(6)7/h1-6,10,12,16H,7-9,11,13-15H2;2*(H,6,7). The molecule has 2 aromatic rings. The average molecular weight is 598 g/mol. The minimum atomic E-state index is -5.08. The van der Waals surface area contributed by atoms with Crippen LogP contribution in [0.4, 0.5) is 26.3 Å². The summed E-state index contributed by atoms with van der Waals surface area (Å²) in [4.78, 5) is 24.9. The molecule has 1 saturated carbocycles. The molecule has 1 saturated heterocycles. The zero-order valence-corrected chi connectivity index (χ0v) is 21.5. The van der Waals surface area contributed by atoms with E-state index in [0.717, 1.165) is 44.5 Å². The van der Waals surface area contributed by atoms with Crippen LogP contribution in [-0.2, 0) is 31.7 Å². The lowest BCUT2D eigenvalue weighted by molar-refractivity contribution is -0.193. The van der Waals surface area contributed by atoms with Crippen molar-refractivity contribution in [3.8, 4) is 0 Å². The van der Waals surface area contributed by atoms with Crippen LogP contribution >= 0.6 is 0 Å². The number of carbonyl (C=O) groups is 2. The number of hydrogen-bond acceptors (Lipinski definition) is 6. The fraction of sp³-hybridized carbons (Fsp3) is 0.458. The van der Waals surface area contributed by atoms with Crippen molar-refractivity contribution >= 4 is 22.0 Å². The molecule has 2 fully saturated rings. The third-order valence-electron chi connectivity index (χ3n) is 6.50. The number of aromatic nitrogens is 1. The van der Waals surface area contributed by atoms with E-state index < -0.39 is 39.9 Å². The van der Waals surface area contributed by atoms with Gasteiger partial charge in [-0.3, -0.25) is 9.88 Å². The van der Waals surface area contributed by atoms with Crippen LogP contribution in [0.1, 0.15) is 30.4 Å². The molecule has 1 aromatic heterocycles. The number of alkyl halides is 6. The van der Waals surface area contributed by atoms with Crippen molar-refractivity contribution in [3.05, 3.63) is 59.9 Å². The van der Waals surface area contributed by atoms with Crippen LogP contribution in [0.2, 0.25) is 0 Å². The second-order valence-corrected chi connectivity index (χ2v) is 11.3. The topological polar surface area (TPSA) is 128 Å². The summed E-state index contributed by atoms with van der Waals surface area (Å²) in [5.41, 5.74) is 1.77. The second-order valence-electron chi connectivity index (χ2n) is 9.44. The minimum absolute atomic E-state index is 0.403. The van der Waals surface area contributed by atoms with Gasteiger partial charge in [0.1, 0.15) is 0 Å². The highest BCUT2D eigenvalue weighted by Crippen LogP contribution is 2.51. The number of hydrogen-bond donors (Lipinski definition) is 2. The first kappa shape index (κ1) is 31.3. The van der Waals surface area contributed by atoms with Crippen LogP contribution in [0.25, 0.3) is 0 Å². The Hall–Kier alpha value is -3.24. The van der Waals surface area contributed by atoms with Crippen molar-refractivity contribution in [1.29, 1.82) is 0 Å². The summed E-state index contributed by atoms with van der Waals surface area (Å²) < 4.78 is 91.9. The summed E-state index contributed by atoms with van der Waals surface area (Å²) in [6.07, 6.45) is -3.33. The molecule has 16 heteroatoms. The summed E-state index contributed by atoms with van der Waals surface area (Å²) in [6, 6.07) is 11.7. The Morgan fingerprint density at radius 1 is 0.975 bits per heavy atom. The van der Waals surface area contributed by atoms with Gasteiger partial charge in [0.2, 0.25) is 10.0 Å². The highest BCUT2D eigenvalue weighted by atomic mass is 32.2. The van der Waals surface area contributed by atoms with Gasteiger partial charge < -0.3 is 10.2 Å². The van der Waals surface area contributed by atoms with Gasteiger partial charge in [0, 0.05) is 38.6 Å². The van der Waals surface area contributed by atoms with Crippen molar-refractivity contribution < 1.29 is 54.6 Å². The molecule has 5 rings (SSSR count). The van der Waals surface area contributed by atoms with E-state index >= 15 is 0 Å². The molecular weight excluding hydrogens is 572 g/mol. The van der Waals surface area contributed by atoms with E-state index in [1.807, 2.05) is 34.8 Å². The van der Waals surface area contributed by atoms with Crippen molar-refractivity contribution in [1.82, 2.24) is 14.2 Å². The number of aliphatic carboxylic acids is 2. The largest absolute Gasteiger partial charge is 0.490 e. The van der Waals surface area contributed by atoms with Gasteiger partial charge in [0.25, 0.3) is 0 Å². The zero-order valence-electron chi connectivity index (χ0n) is 20.7. The van der Waals surface area contributed by atoms with E-state index in [0.29, 0.717) is 17.4 Å². The number of carboxylic acids is 2. The average Bonchev–Trinajstić information content (AvgIpc) is 3.57. The Morgan fingerprint density at radius 3 is 2.05 bits per heavy atom. The fourth-order valence-electron chi connectivity index (χ4n) is 4.55. The van der Waals surface area contributed by atoms with Gasteiger partial charge in [-0.1, -0.05) is 24.3 Å². The van der Waals surface area contributed by atoms with Crippen LogP contribution in [0.3, 0.4) is 0 Å². The van der Waals surface area contributed by atoms with E-state index in [2.05, 4.69) is 16.0 Å². The smallest absolute Gasteiger partial charge is 0.475 e. The lowest BCUT2D eigenvalue weighted by Gasteiger charge is -2.34. The Morgan fingerprint density at radius 2 is 1.55 bits per heavy atom. The predicted molar refractivity (Wildman–Crippen MR) is 126 cm³/mol. The van der Waals surface area contributed by atoms with Crippen LogP contribution in [0.5, 0.6) is 0 Å². The first-order valence-corrected chi connectivity index (χ1v) is 13.3. The van der Waals surface area contributed by atoms with Gasteiger partial charge in [-0.15, -0.1) is 0 Å². The molecule has 1 unspecified atom stereocenters. The first-order chi connectivity index (χ1) is 18.5. The second kappa shape index (κ2) is 11.7. The number of nitrogens with zero attached hydrogens (tertiary/aromatic N) is 3. The Kier molecular flexibility index (Phi) is 9.16. The molecule has 3 aliphatic rings. The van der Waals surface area contributed by atoms with E-state index in [1.54, 1.807) is 12.3 Å². The summed E-state index contributed by atoms with van der Waals surface area (Å²) in [7, 11) is -3.40. The number of pyridine rings is 1. The van der Waals surface area contributed by atoms with E-state index in [9.17, 15) is 34.8 Å². The molecule has 1 aliphatic carbocycles. The van der Waals surface area contributed by atoms with E-state index in [4.69, 9.17) is 19.8 Å². The maximum Gasteiger partial charge on any atom is 0.490 e. The molecule has 3 heterocycles. The molecule has 1 aromatic carbocycles. The van der Waals surface area contributed by atoms with Gasteiger partial charge in [-0.05, 0) is 48.4 Å². The number of fused-ring (bicyclic) bond motifs is 2. The van der Waals surface area contributed by atoms with Crippen LogP contribution in [0, 0.1) is 5.92 Å². The van der Waals surface area contributed by atoms with E-state index in [1.165, 1.54) is 5.56 Å². The molecule has 1 atom stereocenters. The fourth-order valence-corrected chi connectivity index (χ4v) is 6.68. The number of rotatable bonds is 4. The van der Waals surface area contributed by atoms with Crippen LogP contribution < -0.4 is 0 Å². The molecule has 2 N–H and O–H groups in total. The van der Waals surface area contributed by atoms with E-state index in [-0.39, 0.29) is 0 Å². The molecule has 0 radical (unpaired) electrons. The number of benzene rings is 1. The van der Waals surface area contributed by atoms with Crippen molar-refractivity contribution in [2.24, 2.45) is 5.92 Å². The molecular formula is C24H25F6N3O6S. The molecule has 2 aliphatic heterocycles. The van der Waals surface area contributed by atoms with Crippen molar-refractivity contribution in [2.75, 3.05) is 19.6 Å². The molecule has 0 amide bonds. The third kappa shape index (κ3) is 7.28. The molecule has 0 bridgehead atoms. The predicted octanol–water partition coefficient (Wildman–Crippen LogP) is 3.86. The van der Waals surface area contributed by atoms with Gasteiger partial charge in [0.05, 0.1) is 10.4 Å². The number of sulfonamides is 1. The van der Waals surface area contributed by atoms with Crippen molar-refractivity contribution in [3.63, 3.8) is 0 Å². The molecule has 9 nitrogen and oxygen atoms in total. The number of carboxylic acid groups (broad SMARTS) is 2. The third-order valence-corrected chi connectivity index (χ3v) is 8.49. The minimum Gasteiger partial charge on any atom is -0.475 e. The Balaban J connectivity index is 0.000000263. The van der Waals surface area contributed by atoms with Crippen LogP contribution in [-0.4, -0.2) is 76.7 Å². The quantitative estimate of drug-likeness (QED) is 0.509. The summed E-state index contributed by atoms with van der Waals surface area (Å²) in [6.45, 7) is 3.14. The lowest BCUT2D eigenvalue weighted by Crippen LogP contribution is -2.46. The normalized spacial score (nSPS) is 22.1. The maximum absolute atomic E-state index is 13.3. The summed E-state index contributed by atoms with van der Waals surface area (Å²) in [5.74, 6) is -4.98. The van der Waals surface area contributed by atoms with Crippen molar-refractivity contribution in [2.45, 2.75) is 48.6 Å². The first-order valence-electron chi connectivity index (χ1n) is 11.8. The monoisotopic (exact) mass is 597 g/mol. The molecule has 1 spiro atoms. The Bertz CT molecular complexity index is 1290. The zero-order chi connectivity index (χ0) is 29.9. The van der Waals surface area contributed by atoms with Gasteiger partial charge in [0.15, 0.2) is 0 Å². The summed E-state index contributed by atoms with van der Waals surface area (Å²) in [5, 5.41) is 14.2. The maximum atomic E-state index is 13.3. The Labute approximate surface area is 225 Å². The SMILES string of the molecule is O=C(O)C(F)(F)F.O=C(O)C(F)(F)F.O=S1(=O)c2ccccc2C2(CCN(Cc3cccnc3)C2)N1CC1CC1. The molecule has 220 valence electrons.